The normalized spacial score (nSPS) is 14.1. The summed E-state index contributed by atoms with van der Waals surface area (Å²) in [5.41, 5.74) is 3.20. The number of aromatic nitrogens is 2. The molecule has 170 valence electrons. The van der Waals surface area contributed by atoms with Crippen LogP contribution in [-0.2, 0) is 6.54 Å². The van der Waals surface area contributed by atoms with Gasteiger partial charge in [0, 0.05) is 38.3 Å². The van der Waals surface area contributed by atoms with Gasteiger partial charge in [0.2, 0.25) is 0 Å². The molecule has 0 spiro atoms. The first-order valence-electron chi connectivity index (χ1n) is 10.8. The van der Waals surface area contributed by atoms with Crippen LogP contribution >= 0.6 is 11.8 Å². The van der Waals surface area contributed by atoms with Crippen molar-refractivity contribution >= 4 is 17.6 Å². The second kappa shape index (κ2) is 10.6. The molecule has 0 aliphatic carbocycles. The molecule has 2 aromatic carbocycles. The third kappa shape index (κ3) is 5.05. The van der Waals surface area contributed by atoms with E-state index in [0.717, 1.165) is 38.3 Å². The maximum Gasteiger partial charge on any atom is 0.189 e. The van der Waals surface area contributed by atoms with Crippen molar-refractivity contribution in [2.75, 3.05) is 51.6 Å². The van der Waals surface area contributed by atoms with E-state index in [-0.39, 0.29) is 0 Å². The monoisotopic (exact) mass is 461 g/mol. The number of anilines is 1. The number of ether oxygens (including phenoxy) is 2. The largest absolute Gasteiger partial charge is 0.493 e. The molecule has 0 unspecified atom stereocenters. The van der Waals surface area contributed by atoms with Gasteiger partial charge in [-0.2, -0.15) is 5.26 Å². The van der Waals surface area contributed by atoms with E-state index in [1.54, 1.807) is 14.2 Å². The molecule has 1 fully saturated rings. The van der Waals surface area contributed by atoms with Crippen molar-refractivity contribution in [3.05, 3.63) is 59.7 Å². The van der Waals surface area contributed by atoms with Crippen LogP contribution in [0.2, 0.25) is 0 Å². The maximum absolute atomic E-state index is 10.1. The Hall–Kier alpha value is -3.28. The van der Waals surface area contributed by atoms with E-state index >= 15 is 0 Å². The summed E-state index contributed by atoms with van der Waals surface area (Å²) in [5.74, 6) is 1.92. The van der Waals surface area contributed by atoms with Crippen molar-refractivity contribution in [2.45, 2.75) is 11.7 Å². The molecule has 1 saturated heterocycles. The lowest BCUT2D eigenvalue weighted by molar-refractivity contribution is 0.249. The minimum absolute atomic E-state index is 0.483. The Bertz CT molecular complexity index is 1140. The fraction of sp³-hybridized carbons (Fsp3) is 0.320. The third-order valence-electron chi connectivity index (χ3n) is 5.74. The van der Waals surface area contributed by atoms with Crippen LogP contribution in [0.3, 0.4) is 0 Å². The maximum atomic E-state index is 10.1. The summed E-state index contributed by atoms with van der Waals surface area (Å²) < 4.78 is 10.8. The van der Waals surface area contributed by atoms with Gasteiger partial charge in [-0.3, -0.25) is 4.90 Å². The number of nitriles is 1. The number of piperazine rings is 1. The molecule has 8 heteroatoms. The highest BCUT2D eigenvalue weighted by atomic mass is 32.2. The number of hydrogen-bond donors (Lipinski definition) is 0. The predicted molar refractivity (Wildman–Crippen MR) is 131 cm³/mol. The van der Waals surface area contributed by atoms with E-state index in [2.05, 4.69) is 45.1 Å². The first kappa shape index (κ1) is 22.9. The second-order valence-corrected chi connectivity index (χ2v) is 8.46. The van der Waals surface area contributed by atoms with E-state index in [1.165, 1.54) is 17.3 Å². The Balaban J connectivity index is 1.62. The summed E-state index contributed by atoms with van der Waals surface area (Å²) in [6.07, 6.45) is 1.95. The molecule has 0 saturated carbocycles. The average Bonchev–Trinajstić information content (AvgIpc) is 2.88. The molecule has 7 nitrogen and oxygen atoms in total. The number of methoxy groups -OCH3 is 2. The topological polar surface area (TPSA) is 74.5 Å². The minimum atomic E-state index is 0.483. The van der Waals surface area contributed by atoms with Gasteiger partial charge in [-0.05, 0) is 30.0 Å². The molecular weight excluding hydrogens is 434 g/mol. The quantitative estimate of drug-likeness (QED) is 0.385. The Morgan fingerprint density at radius 1 is 0.970 bits per heavy atom. The Labute approximate surface area is 199 Å². The van der Waals surface area contributed by atoms with Gasteiger partial charge in [0.05, 0.1) is 19.9 Å². The molecule has 0 bridgehead atoms. The fourth-order valence-electron chi connectivity index (χ4n) is 4.00. The summed E-state index contributed by atoms with van der Waals surface area (Å²) in [6.45, 7) is 4.35. The summed E-state index contributed by atoms with van der Waals surface area (Å²) in [5, 5.41) is 10.7. The molecule has 0 radical (unpaired) electrons. The molecule has 4 rings (SSSR count). The van der Waals surface area contributed by atoms with Crippen LogP contribution < -0.4 is 14.4 Å². The van der Waals surface area contributed by atoms with E-state index in [0.29, 0.717) is 33.7 Å². The van der Waals surface area contributed by atoms with E-state index in [4.69, 9.17) is 14.5 Å². The molecule has 0 atom stereocenters. The summed E-state index contributed by atoms with van der Waals surface area (Å²) in [6, 6.07) is 18.5. The van der Waals surface area contributed by atoms with Gasteiger partial charge in [0.15, 0.2) is 22.5 Å². The van der Waals surface area contributed by atoms with Gasteiger partial charge < -0.3 is 14.4 Å². The zero-order valence-electron chi connectivity index (χ0n) is 19.1. The predicted octanol–water partition coefficient (Wildman–Crippen LogP) is 4.08. The van der Waals surface area contributed by atoms with Crippen LogP contribution in [0.15, 0.2) is 53.7 Å². The average molecular weight is 462 g/mol. The van der Waals surface area contributed by atoms with Gasteiger partial charge in [-0.1, -0.05) is 42.1 Å². The van der Waals surface area contributed by atoms with Gasteiger partial charge in [0.25, 0.3) is 0 Å². The zero-order valence-corrected chi connectivity index (χ0v) is 19.9. The lowest BCUT2D eigenvalue weighted by Crippen LogP contribution is -2.46. The summed E-state index contributed by atoms with van der Waals surface area (Å²) in [7, 11) is 3.20. The molecule has 2 heterocycles. The van der Waals surface area contributed by atoms with Crippen molar-refractivity contribution in [3.63, 3.8) is 0 Å². The van der Waals surface area contributed by atoms with Gasteiger partial charge in [-0.15, -0.1) is 0 Å². The van der Waals surface area contributed by atoms with Crippen LogP contribution in [0.1, 0.15) is 11.1 Å². The van der Waals surface area contributed by atoms with Crippen molar-refractivity contribution in [2.24, 2.45) is 0 Å². The van der Waals surface area contributed by atoms with Gasteiger partial charge in [0.1, 0.15) is 11.6 Å². The lowest BCUT2D eigenvalue weighted by Gasteiger charge is -2.36. The highest BCUT2D eigenvalue weighted by Gasteiger charge is 2.25. The second-order valence-electron chi connectivity index (χ2n) is 7.69. The van der Waals surface area contributed by atoms with Crippen molar-refractivity contribution in [1.82, 2.24) is 14.9 Å². The van der Waals surface area contributed by atoms with Crippen molar-refractivity contribution < 1.29 is 9.47 Å². The molecular formula is C25H27N5O2S. The summed E-state index contributed by atoms with van der Waals surface area (Å²) >= 11 is 1.47. The van der Waals surface area contributed by atoms with E-state index < -0.39 is 0 Å². The van der Waals surface area contributed by atoms with Gasteiger partial charge in [-0.25, -0.2) is 9.97 Å². The Morgan fingerprint density at radius 3 is 2.33 bits per heavy atom. The minimum Gasteiger partial charge on any atom is -0.493 e. The van der Waals surface area contributed by atoms with Crippen LogP contribution in [0, 0.1) is 11.3 Å². The highest BCUT2D eigenvalue weighted by Crippen LogP contribution is 2.36. The lowest BCUT2D eigenvalue weighted by atomic mass is 10.1. The molecule has 1 aliphatic rings. The number of hydrogen-bond acceptors (Lipinski definition) is 8. The van der Waals surface area contributed by atoms with Gasteiger partial charge >= 0.3 is 0 Å². The Kier molecular flexibility index (Phi) is 7.33. The highest BCUT2D eigenvalue weighted by molar-refractivity contribution is 7.98. The standard InChI is InChI=1S/C25H27N5O2S/c1-31-21-10-9-19(15-22(21)32-2)23-20(16-26)24(28-25(27-23)33-3)30-13-11-29(12-14-30)17-18-7-5-4-6-8-18/h4-10,15H,11-14,17H2,1-3H3. The smallest absolute Gasteiger partial charge is 0.189 e. The van der Waals surface area contributed by atoms with E-state index in [9.17, 15) is 5.26 Å². The van der Waals surface area contributed by atoms with Crippen molar-refractivity contribution in [1.29, 1.82) is 5.26 Å². The number of nitrogens with zero attached hydrogens (tertiary/aromatic N) is 5. The molecule has 3 aromatic rings. The molecule has 0 N–H and O–H groups in total. The number of thioether (sulfide) groups is 1. The van der Waals surface area contributed by atoms with Crippen molar-refractivity contribution in [3.8, 4) is 28.8 Å². The zero-order chi connectivity index (χ0) is 23.2. The number of benzene rings is 2. The first-order valence-corrected chi connectivity index (χ1v) is 12.0. The molecule has 0 amide bonds. The molecule has 1 aromatic heterocycles. The number of rotatable bonds is 7. The SMILES string of the molecule is COc1ccc(-c2nc(SC)nc(N3CCN(Cc4ccccc4)CC3)c2C#N)cc1OC. The third-order valence-corrected chi connectivity index (χ3v) is 6.29. The van der Waals surface area contributed by atoms with Crippen LogP contribution in [0.5, 0.6) is 11.5 Å². The first-order chi connectivity index (χ1) is 16.2. The van der Waals surface area contributed by atoms with Crippen LogP contribution in [0.4, 0.5) is 5.82 Å². The molecule has 33 heavy (non-hydrogen) atoms. The Morgan fingerprint density at radius 2 is 1.70 bits per heavy atom. The molecule has 1 aliphatic heterocycles. The van der Waals surface area contributed by atoms with Crippen LogP contribution in [0.25, 0.3) is 11.3 Å². The fourth-order valence-corrected chi connectivity index (χ4v) is 4.36. The van der Waals surface area contributed by atoms with Crippen LogP contribution in [-0.4, -0.2) is 61.5 Å². The summed E-state index contributed by atoms with van der Waals surface area (Å²) in [4.78, 5) is 14.1. The van der Waals surface area contributed by atoms with E-state index in [1.807, 2.05) is 30.5 Å².